The van der Waals surface area contributed by atoms with Gasteiger partial charge in [-0.25, -0.2) is 31.9 Å². The van der Waals surface area contributed by atoms with Crippen LogP contribution in [0.5, 0.6) is 0 Å². The summed E-state index contributed by atoms with van der Waals surface area (Å²) in [6.45, 7) is 0. The second kappa shape index (κ2) is 5.60. The van der Waals surface area contributed by atoms with Crippen LogP contribution in [-0.4, -0.2) is 15.9 Å². The SMILES string of the molecule is O=C(Nc1ccnc(Cl)n1)c1c(F)c(F)c(F)c(F)c1F. The topological polar surface area (TPSA) is 54.9 Å². The van der Waals surface area contributed by atoms with E-state index in [9.17, 15) is 26.7 Å². The van der Waals surface area contributed by atoms with Gasteiger partial charge in [-0.3, -0.25) is 4.79 Å². The van der Waals surface area contributed by atoms with Gasteiger partial charge in [0.15, 0.2) is 23.3 Å². The van der Waals surface area contributed by atoms with E-state index in [1.54, 1.807) is 0 Å². The van der Waals surface area contributed by atoms with Crippen LogP contribution in [0.3, 0.4) is 0 Å². The van der Waals surface area contributed by atoms with Crippen LogP contribution in [-0.2, 0) is 0 Å². The predicted molar refractivity (Wildman–Crippen MR) is 61.2 cm³/mol. The lowest BCUT2D eigenvalue weighted by atomic mass is 10.1. The Balaban J connectivity index is 2.45. The first-order valence-corrected chi connectivity index (χ1v) is 5.52. The second-order valence-corrected chi connectivity index (χ2v) is 3.95. The molecule has 2 rings (SSSR count). The van der Waals surface area contributed by atoms with Crippen molar-refractivity contribution in [1.82, 2.24) is 9.97 Å². The first-order chi connectivity index (χ1) is 9.82. The summed E-state index contributed by atoms with van der Waals surface area (Å²) in [6.07, 6.45) is 1.11. The number of anilines is 1. The van der Waals surface area contributed by atoms with E-state index in [1.165, 1.54) is 0 Å². The number of amides is 1. The third-order valence-electron chi connectivity index (χ3n) is 2.30. The average Bonchev–Trinajstić information content (AvgIpc) is 2.43. The van der Waals surface area contributed by atoms with Gasteiger partial charge in [-0.15, -0.1) is 0 Å². The van der Waals surface area contributed by atoms with E-state index in [0.717, 1.165) is 12.3 Å². The molecule has 1 heterocycles. The third kappa shape index (κ3) is 2.77. The molecule has 0 bridgehead atoms. The predicted octanol–water partition coefficient (Wildman–Crippen LogP) is 3.08. The van der Waals surface area contributed by atoms with Crippen LogP contribution in [0.4, 0.5) is 27.8 Å². The largest absolute Gasteiger partial charge is 0.306 e. The van der Waals surface area contributed by atoms with Gasteiger partial charge in [-0.1, -0.05) is 0 Å². The molecule has 0 radical (unpaired) electrons. The summed E-state index contributed by atoms with van der Waals surface area (Å²) in [5, 5.41) is 1.56. The average molecular weight is 324 g/mol. The van der Waals surface area contributed by atoms with E-state index < -0.39 is 40.6 Å². The summed E-state index contributed by atoms with van der Waals surface area (Å²) in [7, 11) is 0. The highest BCUT2D eigenvalue weighted by Gasteiger charge is 2.29. The molecule has 0 fully saturated rings. The molecule has 110 valence electrons. The van der Waals surface area contributed by atoms with E-state index in [-0.39, 0.29) is 11.1 Å². The fourth-order valence-corrected chi connectivity index (χ4v) is 1.53. The number of hydrogen-bond acceptors (Lipinski definition) is 3. The molecule has 1 amide bonds. The lowest BCUT2D eigenvalue weighted by Gasteiger charge is -2.08. The molecule has 0 spiro atoms. The van der Waals surface area contributed by atoms with Gasteiger partial charge in [0, 0.05) is 6.20 Å². The van der Waals surface area contributed by atoms with Crippen LogP contribution in [0.15, 0.2) is 12.3 Å². The number of hydrogen-bond donors (Lipinski definition) is 1. The minimum atomic E-state index is -2.35. The number of rotatable bonds is 2. The summed E-state index contributed by atoms with van der Waals surface area (Å²) in [4.78, 5) is 18.6. The number of halogens is 6. The number of carbonyl (C=O) groups excluding carboxylic acids is 1. The Hall–Kier alpha value is -2.29. The highest BCUT2D eigenvalue weighted by molar-refractivity contribution is 6.28. The Labute approximate surface area is 118 Å². The summed E-state index contributed by atoms with van der Waals surface area (Å²) in [5.74, 6) is -13.1. The van der Waals surface area contributed by atoms with Crippen molar-refractivity contribution in [2.75, 3.05) is 5.32 Å². The fourth-order valence-electron chi connectivity index (χ4n) is 1.39. The standard InChI is InChI=1S/C11H3ClF5N3O/c12-11-18-2-1-3(20-11)19-10(21)4-5(13)7(15)9(17)8(16)6(4)14/h1-2H,(H,18,19,20,21). The van der Waals surface area contributed by atoms with Crippen LogP contribution >= 0.6 is 11.6 Å². The quantitative estimate of drug-likeness (QED) is 0.400. The van der Waals surface area contributed by atoms with Crippen LogP contribution in [0.25, 0.3) is 0 Å². The van der Waals surface area contributed by atoms with Crippen LogP contribution in [0, 0.1) is 29.1 Å². The number of nitrogens with zero attached hydrogens (tertiary/aromatic N) is 2. The van der Waals surface area contributed by atoms with Crippen molar-refractivity contribution in [2.24, 2.45) is 0 Å². The van der Waals surface area contributed by atoms with Crippen molar-refractivity contribution in [3.05, 3.63) is 52.2 Å². The maximum atomic E-state index is 13.4. The van der Waals surface area contributed by atoms with Crippen molar-refractivity contribution >= 4 is 23.3 Å². The van der Waals surface area contributed by atoms with Gasteiger partial charge >= 0.3 is 0 Å². The number of carbonyl (C=O) groups is 1. The number of nitrogens with one attached hydrogen (secondary N) is 1. The maximum absolute atomic E-state index is 13.4. The fraction of sp³-hybridized carbons (Fsp3) is 0. The molecule has 1 aromatic carbocycles. The lowest BCUT2D eigenvalue weighted by Crippen LogP contribution is -2.20. The van der Waals surface area contributed by atoms with Gasteiger partial charge in [-0.05, 0) is 17.7 Å². The van der Waals surface area contributed by atoms with Gasteiger partial charge < -0.3 is 5.32 Å². The van der Waals surface area contributed by atoms with Crippen molar-refractivity contribution in [3.63, 3.8) is 0 Å². The summed E-state index contributed by atoms with van der Waals surface area (Å²) < 4.78 is 65.6. The zero-order chi connectivity index (χ0) is 15.7. The Morgan fingerprint density at radius 1 is 1.00 bits per heavy atom. The molecule has 0 saturated carbocycles. The molecule has 1 N–H and O–H groups in total. The molecule has 4 nitrogen and oxygen atoms in total. The van der Waals surface area contributed by atoms with E-state index >= 15 is 0 Å². The second-order valence-electron chi connectivity index (χ2n) is 3.61. The number of aromatic nitrogens is 2. The third-order valence-corrected chi connectivity index (χ3v) is 2.49. The molecule has 21 heavy (non-hydrogen) atoms. The Kier molecular flexibility index (Phi) is 4.03. The molecule has 0 aliphatic carbocycles. The molecule has 2 aromatic rings. The van der Waals surface area contributed by atoms with Crippen molar-refractivity contribution in [3.8, 4) is 0 Å². The maximum Gasteiger partial charge on any atom is 0.263 e. The van der Waals surface area contributed by atoms with Gasteiger partial charge in [0.25, 0.3) is 5.91 Å². The van der Waals surface area contributed by atoms with Gasteiger partial charge in [0.05, 0.1) is 0 Å². The molecule has 0 aliphatic heterocycles. The van der Waals surface area contributed by atoms with Crippen LogP contribution in [0.1, 0.15) is 10.4 Å². The zero-order valence-corrected chi connectivity index (χ0v) is 10.5. The normalized spacial score (nSPS) is 10.6. The highest BCUT2D eigenvalue weighted by atomic mass is 35.5. The van der Waals surface area contributed by atoms with Crippen molar-refractivity contribution < 1.29 is 26.7 Å². The first-order valence-electron chi connectivity index (χ1n) is 5.14. The molecule has 0 atom stereocenters. The molecule has 0 saturated heterocycles. The summed E-state index contributed by atoms with van der Waals surface area (Å²) >= 11 is 5.42. The van der Waals surface area contributed by atoms with E-state index in [2.05, 4.69) is 9.97 Å². The van der Waals surface area contributed by atoms with Crippen LogP contribution < -0.4 is 5.32 Å². The summed E-state index contributed by atoms with van der Waals surface area (Å²) in [5.41, 5.74) is -1.62. The Bertz CT molecular complexity index is 711. The summed E-state index contributed by atoms with van der Waals surface area (Å²) in [6, 6.07) is 1.11. The van der Waals surface area contributed by atoms with E-state index in [4.69, 9.17) is 11.6 Å². The number of benzene rings is 1. The smallest absolute Gasteiger partial charge is 0.263 e. The molecule has 0 aliphatic rings. The minimum absolute atomic E-state index is 0.274. The van der Waals surface area contributed by atoms with Crippen LogP contribution in [0.2, 0.25) is 5.28 Å². The first kappa shape index (κ1) is 15.1. The van der Waals surface area contributed by atoms with Crippen molar-refractivity contribution in [1.29, 1.82) is 0 Å². The molecular formula is C11H3ClF5N3O. The molecule has 1 aromatic heterocycles. The minimum Gasteiger partial charge on any atom is -0.306 e. The lowest BCUT2D eigenvalue weighted by molar-refractivity contribution is 0.101. The Morgan fingerprint density at radius 2 is 1.52 bits per heavy atom. The zero-order valence-electron chi connectivity index (χ0n) is 9.73. The molecule has 0 unspecified atom stereocenters. The Morgan fingerprint density at radius 3 is 2.05 bits per heavy atom. The van der Waals surface area contributed by atoms with Gasteiger partial charge in [-0.2, -0.15) is 0 Å². The van der Waals surface area contributed by atoms with Gasteiger partial charge in [0.2, 0.25) is 11.1 Å². The molecule has 10 heteroatoms. The molecular weight excluding hydrogens is 321 g/mol. The van der Waals surface area contributed by atoms with E-state index in [1.807, 2.05) is 5.32 Å². The highest BCUT2D eigenvalue weighted by Crippen LogP contribution is 2.23. The monoisotopic (exact) mass is 323 g/mol. The van der Waals surface area contributed by atoms with Crippen molar-refractivity contribution in [2.45, 2.75) is 0 Å². The van der Waals surface area contributed by atoms with E-state index in [0.29, 0.717) is 0 Å². The van der Waals surface area contributed by atoms with Gasteiger partial charge in [0.1, 0.15) is 11.4 Å².